The van der Waals surface area contributed by atoms with Crippen molar-refractivity contribution in [3.05, 3.63) is 70.9 Å². The van der Waals surface area contributed by atoms with E-state index in [1.54, 1.807) is 11.0 Å². The van der Waals surface area contributed by atoms with Gasteiger partial charge in [0.05, 0.1) is 0 Å². The molecule has 0 aliphatic carbocycles. The summed E-state index contributed by atoms with van der Waals surface area (Å²) in [7, 11) is 0. The van der Waals surface area contributed by atoms with Crippen LogP contribution in [0.25, 0.3) is 6.08 Å². The zero-order valence-corrected chi connectivity index (χ0v) is 14.4. The SMILES string of the molecule is Cc1cccc(/C=C2\N=C(c3ccc(N4CCCC4=O)cc3)OC2=O)c1. The summed E-state index contributed by atoms with van der Waals surface area (Å²) in [6.45, 7) is 2.74. The summed E-state index contributed by atoms with van der Waals surface area (Å²) in [6, 6.07) is 15.2. The zero-order chi connectivity index (χ0) is 18.1. The van der Waals surface area contributed by atoms with E-state index in [4.69, 9.17) is 4.74 Å². The Morgan fingerprint density at radius 3 is 2.62 bits per heavy atom. The first-order valence-corrected chi connectivity index (χ1v) is 8.60. The molecule has 5 heteroatoms. The summed E-state index contributed by atoms with van der Waals surface area (Å²) in [5.74, 6) is -0.0285. The van der Waals surface area contributed by atoms with E-state index in [1.165, 1.54) is 0 Å². The van der Waals surface area contributed by atoms with Crippen molar-refractivity contribution in [3.63, 3.8) is 0 Å². The van der Waals surface area contributed by atoms with Crippen molar-refractivity contribution >= 4 is 29.5 Å². The van der Waals surface area contributed by atoms with E-state index in [0.717, 1.165) is 29.8 Å². The Balaban J connectivity index is 1.58. The minimum Gasteiger partial charge on any atom is -0.402 e. The van der Waals surface area contributed by atoms with E-state index in [1.807, 2.05) is 55.5 Å². The predicted octanol–water partition coefficient (Wildman–Crippen LogP) is 3.47. The standard InChI is InChI=1S/C21H18N2O3/c1-14-4-2-5-15(12-14)13-18-21(25)26-20(22-18)16-7-9-17(10-8-16)23-11-3-6-19(23)24/h2,4-5,7-10,12-13H,3,6,11H2,1H3/b18-13-. The first-order valence-electron chi connectivity index (χ1n) is 8.60. The van der Waals surface area contributed by atoms with Gasteiger partial charge in [-0.3, -0.25) is 4.79 Å². The second-order valence-corrected chi connectivity index (χ2v) is 6.45. The summed E-state index contributed by atoms with van der Waals surface area (Å²) in [5.41, 5.74) is 3.87. The molecule has 0 bridgehead atoms. The number of anilines is 1. The Kier molecular flexibility index (Phi) is 4.13. The van der Waals surface area contributed by atoms with Crippen molar-refractivity contribution in [2.45, 2.75) is 19.8 Å². The number of carbonyl (C=O) groups is 2. The van der Waals surface area contributed by atoms with E-state index in [0.29, 0.717) is 12.0 Å². The first-order chi connectivity index (χ1) is 12.6. The van der Waals surface area contributed by atoms with Gasteiger partial charge in [-0.2, -0.15) is 0 Å². The molecule has 130 valence electrons. The van der Waals surface area contributed by atoms with Gasteiger partial charge in [-0.1, -0.05) is 29.8 Å². The summed E-state index contributed by atoms with van der Waals surface area (Å²) in [5, 5.41) is 0. The van der Waals surface area contributed by atoms with Crippen LogP contribution in [0.15, 0.2) is 59.2 Å². The van der Waals surface area contributed by atoms with Gasteiger partial charge in [-0.15, -0.1) is 0 Å². The molecular weight excluding hydrogens is 328 g/mol. The molecule has 2 aromatic carbocycles. The fourth-order valence-electron chi connectivity index (χ4n) is 3.16. The maximum absolute atomic E-state index is 12.1. The highest BCUT2D eigenvalue weighted by atomic mass is 16.6. The van der Waals surface area contributed by atoms with Crippen LogP contribution in [0.4, 0.5) is 5.69 Å². The maximum atomic E-state index is 12.1. The van der Waals surface area contributed by atoms with Crippen molar-refractivity contribution in [3.8, 4) is 0 Å². The molecule has 0 unspecified atom stereocenters. The molecule has 5 nitrogen and oxygen atoms in total. The van der Waals surface area contributed by atoms with Crippen molar-refractivity contribution in [2.75, 3.05) is 11.4 Å². The fraction of sp³-hybridized carbons (Fsp3) is 0.190. The van der Waals surface area contributed by atoms with Gasteiger partial charge in [-0.25, -0.2) is 9.79 Å². The highest BCUT2D eigenvalue weighted by Gasteiger charge is 2.25. The molecule has 0 saturated carbocycles. The van der Waals surface area contributed by atoms with Crippen LogP contribution >= 0.6 is 0 Å². The summed E-state index contributed by atoms with van der Waals surface area (Å²) < 4.78 is 5.31. The van der Waals surface area contributed by atoms with Gasteiger partial charge < -0.3 is 9.64 Å². The number of esters is 1. The molecule has 0 aromatic heterocycles. The summed E-state index contributed by atoms with van der Waals surface area (Å²) >= 11 is 0. The molecule has 1 saturated heterocycles. The van der Waals surface area contributed by atoms with E-state index in [-0.39, 0.29) is 17.5 Å². The molecule has 2 aliphatic rings. The Hall–Kier alpha value is -3.21. The number of amides is 1. The van der Waals surface area contributed by atoms with Crippen LogP contribution < -0.4 is 4.90 Å². The van der Waals surface area contributed by atoms with E-state index < -0.39 is 5.97 Å². The quantitative estimate of drug-likeness (QED) is 0.632. The number of rotatable bonds is 3. The van der Waals surface area contributed by atoms with Gasteiger partial charge in [-0.05, 0) is 49.2 Å². The number of benzene rings is 2. The van der Waals surface area contributed by atoms with Crippen LogP contribution in [0, 0.1) is 6.92 Å². The van der Waals surface area contributed by atoms with Crippen LogP contribution in [0.2, 0.25) is 0 Å². The number of ether oxygens (including phenoxy) is 1. The number of nitrogens with zero attached hydrogens (tertiary/aromatic N) is 2. The van der Waals surface area contributed by atoms with Gasteiger partial charge in [0.15, 0.2) is 5.70 Å². The lowest BCUT2D eigenvalue weighted by molar-refractivity contribution is -0.130. The topological polar surface area (TPSA) is 59.0 Å². The van der Waals surface area contributed by atoms with Crippen LogP contribution in [-0.4, -0.2) is 24.3 Å². The van der Waals surface area contributed by atoms with Gasteiger partial charge >= 0.3 is 5.97 Å². The average Bonchev–Trinajstić information content (AvgIpc) is 3.21. The third-order valence-corrected chi connectivity index (χ3v) is 4.47. The van der Waals surface area contributed by atoms with Crippen molar-refractivity contribution in [1.82, 2.24) is 0 Å². The van der Waals surface area contributed by atoms with Crippen LogP contribution in [-0.2, 0) is 14.3 Å². The lowest BCUT2D eigenvalue weighted by Gasteiger charge is -2.15. The first kappa shape index (κ1) is 16.3. The molecule has 0 atom stereocenters. The zero-order valence-electron chi connectivity index (χ0n) is 14.4. The molecule has 0 spiro atoms. The molecule has 0 radical (unpaired) electrons. The molecule has 2 aliphatic heterocycles. The van der Waals surface area contributed by atoms with Gasteiger partial charge in [0.25, 0.3) is 0 Å². The number of carbonyl (C=O) groups excluding carboxylic acids is 2. The molecule has 0 N–H and O–H groups in total. The third-order valence-electron chi connectivity index (χ3n) is 4.47. The minimum atomic E-state index is -0.458. The fourth-order valence-corrected chi connectivity index (χ4v) is 3.16. The Bertz CT molecular complexity index is 942. The third kappa shape index (κ3) is 3.16. The Morgan fingerprint density at radius 2 is 1.92 bits per heavy atom. The molecule has 2 heterocycles. The van der Waals surface area contributed by atoms with Crippen LogP contribution in [0.5, 0.6) is 0 Å². The number of hydrogen-bond acceptors (Lipinski definition) is 4. The van der Waals surface area contributed by atoms with Gasteiger partial charge in [0, 0.05) is 24.2 Å². The van der Waals surface area contributed by atoms with Crippen LogP contribution in [0.1, 0.15) is 29.5 Å². The maximum Gasteiger partial charge on any atom is 0.363 e. The van der Waals surface area contributed by atoms with Crippen LogP contribution in [0.3, 0.4) is 0 Å². The number of cyclic esters (lactones) is 1. The molecule has 2 aromatic rings. The number of hydrogen-bond donors (Lipinski definition) is 0. The second kappa shape index (κ2) is 6.59. The highest BCUT2D eigenvalue weighted by molar-refractivity contribution is 6.13. The van der Waals surface area contributed by atoms with Crippen molar-refractivity contribution in [2.24, 2.45) is 4.99 Å². The second-order valence-electron chi connectivity index (χ2n) is 6.45. The lowest BCUT2D eigenvalue weighted by Crippen LogP contribution is -2.23. The smallest absolute Gasteiger partial charge is 0.363 e. The van der Waals surface area contributed by atoms with E-state index in [9.17, 15) is 9.59 Å². The van der Waals surface area contributed by atoms with Gasteiger partial charge in [0.1, 0.15) is 0 Å². The predicted molar refractivity (Wildman–Crippen MR) is 99.8 cm³/mol. The summed E-state index contributed by atoms with van der Waals surface area (Å²) in [4.78, 5) is 30.0. The van der Waals surface area contributed by atoms with Crippen molar-refractivity contribution in [1.29, 1.82) is 0 Å². The monoisotopic (exact) mass is 346 g/mol. The highest BCUT2D eigenvalue weighted by Crippen LogP contribution is 2.24. The van der Waals surface area contributed by atoms with Crippen molar-refractivity contribution < 1.29 is 14.3 Å². The Labute approximate surface area is 151 Å². The normalized spacial score (nSPS) is 18.4. The molecule has 4 rings (SSSR count). The Morgan fingerprint density at radius 1 is 1.12 bits per heavy atom. The van der Waals surface area contributed by atoms with E-state index in [2.05, 4.69) is 4.99 Å². The molecular formula is C21H18N2O3. The molecule has 26 heavy (non-hydrogen) atoms. The van der Waals surface area contributed by atoms with E-state index >= 15 is 0 Å². The number of aliphatic imine (C=N–C) groups is 1. The number of aryl methyl sites for hydroxylation is 1. The average molecular weight is 346 g/mol. The summed E-state index contributed by atoms with van der Waals surface area (Å²) in [6.07, 6.45) is 3.21. The lowest BCUT2D eigenvalue weighted by atomic mass is 10.1. The molecule has 1 amide bonds. The van der Waals surface area contributed by atoms with Gasteiger partial charge in [0.2, 0.25) is 11.8 Å². The largest absolute Gasteiger partial charge is 0.402 e. The minimum absolute atomic E-state index is 0.144. The molecule has 1 fully saturated rings.